The van der Waals surface area contributed by atoms with E-state index in [1.54, 1.807) is 0 Å². The van der Waals surface area contributed by atoms with Crippen molar-refractivity contribution in [1.82, 2.24) is 0 Å². The van der Waals surface area contributed by atoms with Crippen molar-refractivity contribution in [1.29, 1.82) is 0 Å². The summed E-state index contributed by atoms with van der Waals surface area (Å²) in [7, 11) is -5.21. The summed E-state index contributed by atoms with van der Waals surface area (Å²) in [5.74, 6) is -3.83. The van der Waals surface area contributed by atoms with Crippen LogP contribution in [0.15, 0.2) is 24.3 Å². The van der Waals surface area contributed by atoms with E-state index < -0.39 is 32.7 Å². The Labute approximate surface area is 393 Å². The molecule has 50 heavy (non-hydrogen) atoms. The molecule has 1 N–H and O–H groups in total. The standard InChI is InChI=1S/C40H74O7S.2K/c1-3-5-7-9-11-13-15-17-19-21-23-25-27-29-31-33-35-40(39(43)44,37(38(41)42)48(45,46)47)36-34-32-30-28-26-24-22-20-18-16-14-12-10-8-6-4-2;;/h17-20,37H,3-16,21-36H2,1-2H3,(H,41,42)(H,43,44)(H,45,46,47);;/q;2*+1/p-2/b19-17-,20-18-;;. The fourth-order valence-electron chi connectivity index (χ4n) is 6.71. The fourth-order valence-corrected chi connectivity index (χ4v) is 7.85. The molecule has 7 nitrogen and oxygen atoms in total. The van der Waals surface area contributed by atoms with Crippen LogP contribution < -0.4 is 113 Å². The van der Waals surface area contributed by atoms with Gasteiger partial charge in [-0.1, -0.05) is 167 Å². The Morgan fingerprint density at radius 1 is 0.520 bits per heavy atom. The summed E-state index contributed by atoms with van der Waals surface area (Å²) in [6.07, 6.45) is 38.6. The summed E-state index contributed by atoms with van der Waals surface area (Å²) in [5, 5.41) is 21.8. The van der Waals surface area contributed by atoms with Crippen molar-refractivity contribution >= 4 is 22.1 Å². The SMILES string of the molecule is CCCCCCCC/C=C\CCCCCCCCC(CCCCCCCC/C=C\CCCCCCCC)(C(=O)[O-])C(C(=O)[O-])S(=O)(=O)O.[K+].[K+]. The number of allylic oxidation sites excluding steroid dienone is 4. The van der Waals surface area contributed by atoms with Crippen LogP contribution in [-0.2, 0) is 19.7 Å². The minimum absolute atomic E-state index is 0. The summed E-state index contributed by atoms with van der Waals surface area (Å²) in [6.45, 7) is 4.46. The summed E-state index contributed by atoms with van der Waals surface area (Å²) in [4.78, 5) is 24.3. The average Bonchev–Trinajstić information content (AvgIpc) is 3.03. The van der Waals surface area contributed by atoms with Crippen molar-refractivity contribution < 1.29 is 136 Å². The quantitative estimate of drug-likeness (QED) is 0.0445. The third-order valence-corrected chi connectivity index (χ3v) is 10.9. The Kier molecular flexibility index (Phi) is 43.5. The normalized spacial score (nSPS) is 12.6. The van der Waals surface area contributed by atoms with Gasteiger partial charge in [0.25, 0.3) is 10.1 Å². The molecule has 0 aliphatic heterocycles. The molecule has 0 spiro atoms. The van der Waals surface area contributed by atoms with Gasteiger partial charge in [-0.2, -0.15) is 8.42 Å². The molecular weight excluding hydrogens is 703 g/mol. The molecule has 0 heterocycles. The largest absolute Gasteiger partial charge is 1.00 e. The molecule has 0 rings (SSSR count). The molecule has 0 aromatic heterocycles. The number of aliphatic carboxylic acids is 2. The van der Waals surface area contributed by atoms with Gasteiger partial charge in [-0.05, 0) is 64.2 Å². The van der Waals surface area contributed by atoms with Crippen molar-refractivity contribution in [3.63, 3.8) is 0 Å². The van der Waals surface area contributed by atoms with Crippen LogP contribution in [0.3, 0.4) is 0 Å². The molecule has 0 fully saturated rings. The van der Waals surface area contributed by atoms with Gasteiger partial charge in [-0.3, -0.25) is 4.55 Å². The van der Waals surface area contributed by atoms with E-state index in [0.717, 1.165) is 77.0 Å². The Bertz CT molecular complexity index is 911. The number of carboxylic acid groups (broad SMARTS) is 2. The van der Waals surface area contributed by atoms with Gasteiger partial charge in [0.05, 0.1) is 5.97 Å². The smallest absolute Gasteiger partial charge is 0.549 e. The van der Waals surface area contributed by atoms with Crippen LogP contribution in [0.4, 0.5) is 0 Å². The van der Waals surface area contributed by atoms with Crippen molar-refractivity contribution in [2.75, 3.05) is 0 Å². The molecular formula is C40H72K2O7S. The molecule has 1 atom stereocenters. The third-order valence-electron chi connectivity index (χ3n) is 9.69. The number of hydrogen-bond donors (Lipinski definition) is 1. The van der Waals surface area contributed by atoms with Crippen molar-refractivity contribution in [3.8, 4) is 0 Å². The summed E-state index contributed by atoms with van der Waals surface area (Å²) < 4.78 is 34.0. The maximum absolute atomic E-state index is 12.4. The molecule has 0 bridgehead atoms. The van der Waals surface area contributed by atoms with Gasteiger partial charge in [-0.15, -0.1) is 0 Å². The van der Waals surface area contributed by atoms with Crippen molar-refractivity contribution in [3.05, 3.63) is 24.3 Å². The first-order valence-electron chi connectivity index (χ1n) is 19.8. The van der Waals surface area contributed by atoms with E-state index in [-0.39, 0.29) is 116 Å². The monoisotopic (exact) mass is 774 g/mol. The topological polar surface area (TPSA) is 135 Å². The van der Waals surface area contributed by atoms with Gasteiger partial charge in [0.1, 0.15) is 5.25 Å². The van der Waals surface area contributed by atoms with E-state index >= 15 is 0 Å². The maximum Gasteiger partial charge on any atom is 1.00 e. The predicted octanol–water partition coefficient (Wildman–Crippen LogP) is 3.59. The minimum atomic E-state index is -5.21. The molecule has 10 heteroatoms. The second-order valence-electron chi connectivity index (χ2n) is 14.0. The predicted molar refractivity (Wildman–Crippen MR) is 196 cm³/mol. The molecule has 0 aromatic rings. The van der Waals surface area contributed by atoms with Crippen LogP contribution in [0.1, 0.15) is 206 Å². The zero-order valence-corrected chi connectivity index (χ0v) is 40.0. The molecule has 0 aliphatic carbocycles. The zero-order chi connectivity index (χ0) is 35.8. The zero-order valence-electron chi connectivity index (χ0n) is 32.9. The van der Waals surface area contributed by atoms with Crippen molar-refractivity contribution in [2.45, 2.75) is 212 Å². The van der Waals surface area contributed by atoms with E-state index in [4.69, 9.17) is 0 Å². The summed E-state index contributed by atoms with van der Waals surface area (Å²) in [6, 6.07) is 0. The van der Waals surface area contributed by atoms with Crippen LogP contribution in [0.5, 0.6) is 0 Å². The third kappa shape index (κ3) is 30.9. The van der Waals surface area contributed by atoms with Crippen LogP contribution in [0.2, 0.25) is 0 Å². The van der Waals surface area contributed by atoms with E-state index in [1.807, 2.05) is 0 Å². The number of carboxylic acids is 2. The van der Waals surface area contributed by atoms with E-state index in [2.05, 4.69) is 38.2 Å². The van der Waals surface area contributed by atoms with Crippen LogP contribution in [0.25, 0.3) is 0 Å². The number of hydrogen-bond acceptors (Lipinski definition) is 6. The van der Waals surface area contributed by atoms with Crippen molar-refractivity contribution in [2.24, 2.45) is 5.41 Å². The number of carbonyl (C=O) groups is 2. The van der Waals surface area contributed by atoms with Crippen LogP contribution in [0, 0.1) is 5.41 Å². The fraction of sp³-hybridized carbons (Fsp3) is 0.850. The Morgan fingerprint density at radius 3 is 1.02 bits per heavy atom. The molecule has 1 unspecified atom stereocenters. The minimum Gasteiger partial charge on any atom is -0.549 e. The Hall–Kier alpha value is 1.60. The molecule has 0 saturated carbocycles. The van der Waals surface area contributed by atoms with Crippen LogP contribution in [-0.4, -0.2) is 30.2 Å². The first-order valence-corrected chi connectivity index (χ1v) is 21.3. The van der Waals surface area contributed by atoms with Gasteiger partial charge >= 0.3 is 103 Å². The second kappa shape index (κ2) is 38.9. The first kappa shape index (κ1) is 55.9. The van der Waals surface area contributed by atoms with Gasteiger partial charge in [0.15, 0.2) is 0 Å². The van der Waals surface area contributed by atoms with Gasteiger partial charge in [-0.25, -0.2) is 0 Å². The molecule has 282 valence electrons. The molecule has 0 aliphatic rings. The van der Waals surface area contributed by atoms with E-state index in [9.17, 15) is 32.8 Å². The average molecular weight is 775 g/mol. The van der Waals surface area contributed by atoms with Gasteiger partial charge in [0.2, 0.25) is 0 Å². The molecule has 0 saturated heterocycles. The van der Waals surface area contributed by atoms with E-state index in [1.165, 1.54) is 77.0 Å². The van der Waals surface area contributed by atoms with Gasteiger partial charge < -0.3 is 19.8 Å². The number of carbonyl (C=O) groups excluding carboxylic acids is 2. The molecule has 0 radical (unpaired) electrons. The Balaban J connectivity index is -0.0000110. The van der Waals surface area contributed by atoms with E-state index in [0.29, 0.717) is 25.7 Å². The number of rotatable bonds is 36. The van der Waals surface area contributed by atoms with Crippen LogP contribution >= 0.6 is 0 Å². The summed E-state index contributed by atoms with van der Waals surface area (Å²) in [5.41, 5.74) is -2.21. The molecule has 0 aromatic carbocycles. The molecule has 0 amide bonds. The maximum atomic E-state index is 12.4. The summed E-state index contributed by atoms with van der Waals surface area (Å²) >= 11 is 0. The Morgan fingerprint density at radius 2 is 0.780 bits per heavy atom. The number of unbranched alkanes of at least 4 members (excludes halogenated alkanes) is 24. The second-order valence-corrected chi connectivity index (χ2v) is 15.5. The van der Waals surface area contributed by atoms with Gasteiger partial charge in [0, 0.05) is 11.4 Å². The first-order chi connectivity index (χ1) is 23.1.